The number of aryl methyl sites for hydroxylation is 1. The van der Waals surface area contributed by atoms with Crippen LogP contribution in [0.2, 0.25) is 0 Å². The van der Waals surface area contributed by atoms with Gasteiger partial charge in [0.05, 0.1) is 25.0 Å². The summed E-state index contributed by atoms with van der Waals surface area (Å²) in [6, 6.07) is 14.8. The van der Waals surface area contributed by atoms with Gasteiger partial charge in [-0.1, -0.05) is 36.0 Å². The zero-order valence-corrected chi connectivity index (χ0v) is 17.7. The number of thioether (sulfide) groups is 1. The first-order valence-electron chi connectivity index (χ1n) is 8.90. The maximum absolute atomic E-state index is 12.2. The lowest BCUT2D eigenvalue weighted by molar-refractivity contribution is -0.116. The molecule has 2 N–H and O–H groups in total. The van der Waals surface area contributed by atoms with Gasteiger partial charge in [0.1, 0.15) is 5.75 Å². The molecule has 2 aromatic carbocycles. The number of ether oxygens (including phenoxy) is 1. The van der Waals surface area contributed by atoms with Gasteiger partial charge in [-0.25, -0.2) is 4.98 Å². The van der Waals surface area contributed by atoms with E-state index in [4.69, 9.17) is 4.74 Å². The lowest BCUT2D eigenvalue weighted by Gasteiger charge is -2.07. The molecule has 0 spiro atoms. The summed E-state index contributed by atoms with van der Waals surface area (Å²) >= 11 is 2.77. The summed E-state index contributed by atoms with van der Waals surface area (Å²) in [5, 5.41) is 7.58. The minimum absolute atomic E-state index is 0.114. The maximum atomic E-state index is 12.2. The molecular weight excluding hydrogens is 406 g/mol. The van der Waals surface area contributed by atoms with E-state index in [1.165, 1.54) is 23.1 Å². The number of hydrogen-bond acceptors (Lipinski definition) is 6. The Morgan fingerprint density at radius 2 is 1.93 bits per heavy atom. The number of anilines is 2. The molecule has 0 aliphatic carbocycles. The second-order valence-electron chi connectivity index (χ2n) is 6.21. The van der Waals surface area contributed by atoms with Crippen molar-refractivity contribution < 1.29 is 14.3 Å². The minimum atomic E-state index is -0.128. The van der Waals surface area contributed by atoms with Gasteiger partial charge in [-0.2, -0.15) is 0 Å². The quantitative estimate of drug-likeness (QED) is 0.522. The number of benzene rings is 2. The van der Waals surface area contributed by atoms with Gasteiger partial charge in [-0.05, 0) is 30.7 Å². The summed E-state index contributed by atoms with van der Waals surface area (Å²) in [5.41, 5.74) is 3.19. The Labute approximate surface area is 177 Å². The lowest BCUT2D eigenvalue weighted by Crippen LogP contribution is -2.15. The molecule has 29 heavy (non-hydrogen) atoms. The van der Waals surface area contributed by atoms with Crippen LogP contribution < -0.4 is 15.4 Å². The number of rotatable bonds is 8. The third-order valence-electron chi connectivity index (χ3n) is 3.97. The Morgan fingerprint density at radius 1 is 1.10 bits per heavy atom. The Kier molecular flexibility index (Phi) is 7.26. The number of hydrogen-bond donors (Lipinski definition) is 2. The first-order chi connectivity index (χ1) is 14.0. The zero-order valence-electron chi connectivity index (χ0n) is 16.1. The molecule has 6 nitrogen and oxygen atoms in total. The van der Waals surface area contributed by atoms with Gasteiger partial charge in [-0.3, -0.25) is 9.59 Å². The molecule has 0 radical (unpaired) electrons. The highest BCUT2D eigenvalue weighted by molar-refractivity contribution is 8.01. The Hall–Kier alpha value is -2.84. The number of nitrogens with one attached hydrogen (secondary N) is 2. The van der Waals surface area contributed by atoms with Crippen molar-refractivity contribution in [1.82, 2.24) is 4.98 Å². The molecule has 3 rings (SSSR count). The van der Waals surface area contributed by atoms with E-state index < -0.39 is 0 Å². The fraction of sp³-hybridized carbons (Fsp3) is 0.190. The Morgan fingerprint density at radius 3 is 2.72 bits per heavy atom. The molecule has 1 aromatic heterocycles. The van der Waals surface area contributed by atoms with Crippen LogP contribution in [0.15, 0.2) is 58.3 Å². The highest BCUT2D eigenvalue weighted by Gasteiger charge is 2.11. The molecule has 0 aliphatic heterocycles. The zero-order chi connectivity index (χ0) is 20.6. The largest absolute Gasteiger partial charge is 0.497 e. The molecular formula is C21H21N3O3S2. The molecule has 150 valence electrons. The van der Waals surface area contributed by atoms with Crippen LogP contribution in [-0.2, 0) is 16.0 Å². The average Bonchev–Trinajstić information content (AvgIpc) is 3.15. The number of aromatic nitrogens is 1. The predicted molar refractivity (Wildman–Crippen MR) is 118 cm³/mol. The summed E-state index contributed by atoms with van der Waals surface area (Å²) < 4.78 is 5.90. The van der Waals surface area contributed by atoms with Crippen LogP contribution in [0.3, 0.4) is 0 Å². The molecule has 0 unspecified atom stereocenters. The number of para-hydroxylation sites is 1. The number of methoxy groups -OCH3 is 1. The average molecular weight is 428 g/mol. The van der Waals surface area contributed by atoms with Crippen LogP contribution in [0.25, 0.3) is 0 Å². The third kappa shape index (κ3) is 6.33. The normalized spacial score (nSPS) is 10.4. The predicted octanol–water partition coefficient (Wildman–Crippen LogP) is 4.37. The van der Waals surface area contributed by atoms with Gasteiger partial charge in [0, 0.05) is 22.8 Å². The van der Waals surface area contributed by atoms with Crippen LogP contribution in [-0.4, -0.2) is 29.7 Å². The Bertz CT molecular complexity index is 1000. The topological polar surface area (TPSA) is 80.3 Å². The van der Waals surface area contributed by atoms with Crippen molar-refractivity contribution >= 4 is 46.3 Å². The van der Waals surface area contributed by atoms with Crippen LogP contribution in [0.1, 0.15) is 11.3 Å². The van der Waals surface area contributed by atoms with E-state index in [1.807, 2.05) is 48.7 Å². The molecule has 1 heterocycles. The molecule has 8 heteroatoms. The number of amides is 2. The standard InChI is InChI=1S/C21H21N3O3S2/c1-14-6-3-4-9-18(14)24-19(25)11-16-12-28-21(23-16)29-13-20(26)22-15-7-5-8-17(10-15)27-2/h3-10,12H,11,13H2,1-2H3,(H,22,26)(H,24,25). The monoisotopic (exact) mass is 427 g/mol. The lowest BCUT2D eigenvalue weighted by atomic mass is 10.2. The van der Waals surface area contributed by atoms with Gasteiger partial charge in [0.15, 0.2) is 4.34 Å². The first kappa shape index (κ1) is 20.9. The Balaban J connectivity index is 1.47. The van der Waals surface area contributed by atoms with Crippen LogP contribution in [0, 0.1) is 6.92 Å². The molecule has 0 atom stereocenters. The van der Waals surface area contributed by atoms with Crippen molar-refractivity contribution in [3.63, 3.8) is 0 Å². The molecule has 0 saturated carbocycles. The molecule has 0 bridgehead atoms. The molecule has 3 aromatic rings. The van der Waals surface area contributed by atoms with Crippen LogP contribution >= 0.6 is 23.1 Å². The van der Waals surface area contributed by atoms with E-state index >= 15 is 0 Å². The van der Waals surface area contributed by atoms with Gasteiger partial charge in [0.25, 0.3) is 0 Å². The van der Waals surface area contributed by atoms with Gasteiger partial charge < -0.3 is 15.4 Å². The highest BCUT2D eigenvalue weighted by Crippen LogP contribution is 2.24. The van der Waals surface area contributed by atoms with Crippen molar-refractivity contribution in [3.8, 4) is 5.75 Å². The second-order valence-corrected chi connectivity index (χ2v) is 8.29. The van der Waals surface area contributed by atoms with Crippen molar-refractivity contribution in [2.75, 3.05) is 23.5 Å². The number of thiazole rings is 1. The summed E-state index contributed by atoms with van der Waals surface area (Å²) in [7, 11) is 1.58. The fourth-order valence-electron chi connectivity index (χ4n) is 2.53. The van der Waals surface area contributed by atoms with Gasteiger partial charge >= 0.3 is 0 Å². The second kappa shape index (κ2) is 10.1. The fourth-order valence-corrected chi connectivity index (χ4v) is 4.18. The summed E-state index contributed by atoms with van der Waals surface area (Å²) in [5.74, 6) is 0.678. The summed E-state index contributed by atoms with van der Waals surface area (Å²) in [6.45, 7) is 1.95. The molecule has 0 fully saturated rings. The van der Waals surface area contributed by atoms with E-state index in [-0.39, 0.29) is 24.0 Å². The smallest absolute Gasteiger partial charge is 0.234 e. The number of carbonyl (C=O) groups is 2. The van der Waals surface area contributed by atoms with E-state index in [9.17, 15) is 9.59 Å². The number of nitrogens with zero attached hydrogens (tertiary/aromatic N) is 1. The third-order valence-corrected chi connectivity index (χ3v) is 6.04. The molecule has 0 saturated heterocycles. The molecule has 2 amide bonds. The van der Waals surface area contributed by atoms with Crippen molar-refractivity contribution in [2.45, 2.75) is 17.7 Å². The van der Waals surface area contributed by atoms with E-state index in [1.54, 1.807) is 19.2 Å². The first-order valence-corrected chi connectivity index (χ1v) is 10.8. The summed E-state index contributed by atoms with van der Waals surface area (Å²) in [4.78, 5) is 28.8. The van der Waals surface area contributed by atoms with E-state index in [0.29, 0.717) is 17.1 Å². The maximum Gasteiger partial charge on any atom is 0.234 e. The highest BCUT2D eigenvalue weighted by atomic mass is 32.2. The SMILES string of the molecule is COc1cccc(NC(=O)CSc2nc(CC(=O)Nc3ccccc3C)cs2)c1. The van der Waals surface area contributed by atoms with Crippen molar-refractivity contribution in [3.05, 3.63) is 65.2 Å². The van der Waals surface area contributed by atoms with Crippen LogP contribution in [0.5, 0.6) is 5.75 Å². The van der Waals surface area contributed by atoms with Gasteiger partial charge in [-0.15, -0.1) is 11.3 Å². The van der Waals surface area contributed by atoms with Crippen LogP contribution in [0.4, 0.5) is 11.4 Å². The van der Waals surface area contributed by atoms with E-state index in [2.05, 4.69) is 15.6 Å². The minimum Gasteiger partial charge on any atom is -0.497 e. The summed E-state index contributed by atoms with van der Waals surface area (Å²) in [6.07, 6.45) is 0.196. The van der Waals surface area contributed by atoms with Gasteiger partial charge in [0.2, 0.25) is 11.8 Å². The van der Waals surface area contributed by atoms with E-state index in [0.717, 1.165) is 15.6 Å². The molecule has 0 aliphatic rings. The van der Waals surface area contributed by atoms with Crippen molar-refractivity contribution in [2.24, 2.45) is 0 Å². The number of carbonyl (C=O) groups excluding carboxylic acids is 2. The van der Waals surface area contributed by atoms with Crippen molar-refractivity contribution in [1.29, 1.82) is 0 Å².